The Morgan fingerprint density at radius 3 is 2.08 bits per heavy atom. The Kier molecular flexibility index (Phi) is 5.60. The molecule has 0 spiro atoms. The fourth-order valence-corrected chi connectivity index (χ4v) is 0.906. The molecular formula is C11H17NO. The van der Waals surface area contributed by atoms with Gasteiger partial charge in [-0.3, -0.25) is 4.79 Å². The molecule has 0 fully saturated rings. The summed E-state index contributed by atoms with van der Waals surface area (Å²) >= 11 is 0. The van der Waals surface area contributed by atoms with Crippen molar-refractivity contribution in [3.8, 4) is 0 Å². The molecule has 1 unspecified atom stereocenters. The summed E-state index contributed by atoms with van der Waals surface area (Å²) in [4.78, 5) is 10.7. The fraction of sp³-hybridized carbons (Fsp3) is 0.364. The normalized spacial score (nSPS) is 11.0. The van der Waals surface area contributed by atoms with Gasteiger partial charge in [0.05, 0.1) is 5.92 Å². The van der Waals surface area contributed by atoms with Crippen LogP contribution in [-0.4, -0.2) is 5.91 Å². The highest BCUT2D eigenvalue weighted by molar-refractivity contribution is 5.81. The standard InChI is InChI=1S/C9H11NO.C2H6/c1-7(9(10)11)8-5-3-2-4-6-8;1-2/h2-7H,1H3,(H2,10,11);1-2H3. The Hall–Kier alpha value is -1.31. The second-order valence-corrected chi connectivity index (χ2v) is 2.53. The molecule has 1 atom stereocenters. The molecule has 13 heavy (non-hydrogen) atoms. The van der Waals surface area contributed by atoms with Crippen molar-refractivity contribution in [3.05, 3.63) is 35.9 Å². The van der Waals surface area contributed by atoms with Crippen molar-refractivity contribution in [1.82, 2.24) is 0 Å². The summed E-state index contributed by atoms with van der Waals surface area (Å²) in [5.41, 5.74) is 6.10. The molecule has 0 heterocycles. The zero-order valence-electron chi connectivity index (χ0n) is 8.45. The number of nitrogens with two attached hydrogens (primary N) is 1. The molecule has 0 aliphatic rings. The van der Waals surface area contributed by atoms with E-state index in [1.54, 1.807) is 6.92 Å². The summed E-state index contributed by atoms with van der Waals surface area (Å²) in [7, 11) is 0. The molecule has 72 valence electrons. The second kappa shape index (κ2) is 6.23. The van der Waals surface area contributed by atoms with Gasteiger partial charge in [-0.2, -0.15) is 0 Å². The second-order valence-electron chi connectivity index (χ2n) is 2.53. The highest BCUT2D eigenvalue weighted by Crippen LogP contribution is 2.12. The van der Waals surface area contributed by atoms with E-state index in [0.717, 1.165) is 5.56 Å². The van der Waals surface area contributed by atoms with Crippen LogP contribution in [0, 0.1) is 0 Å². The predicted octanol–water partition coefficient (Wildman–Crippen LogP) is 2.30. The molecule has 2 nitrogen and oxygen atoms in total. The van der Waals surface area contributed by atoms with Crippen LogP contribution < -0.4 is 5.73 Å². The van der Waals surface area contributed by atoms with Gasteiger partial charge in [0.25, 0.3) is 0 Å². The van der Waals surface area contributed by atoms with Gasteiger partial charge < -0.3 is 5.73 Å². The van der Waals surface area contributed by atoms with Gasteiger partial charge in [0.2, 0.25) is 5.91 Å². The first-order valence-corrected chi connectivity index (χ1v) is 4.56. The maximum absolute atomic E-state index is 10.7. The molecule has 1 rings (SSSR count). The van der Waals surface area contributed by atoms with Gasteiger partial charge in [-0.1, -0.05) is 44.2 Å². The molecule has 2 heteroatoms. The van der Waals surface area contributed by atoms with Crippen LogP contribution in [0.1, 0.15) is 32.3 Å². The van der Waals surface area contributed by atoms with E-state index in [1.165, 1.54) is 0 Å². The van der Waals surface area contributed by atoms with E-state index in [1.807, 2.05) is 44.2 Å². The van der Waals surface area contributed by atoms with Crippen LogP contribution in [0.25, 0.3) is 0 Å². The molecule has 2 N–H and O–H groups in total. The van der Waals surface area contributed by atoms with E-state index < -0.39 is 0 Å². The average molecular weight is 179 g/mol. The molecule has 1 amide bonds. The summed E-state index contributed by atoms with van der Waals surface area (Å²) in [6.45, 7) is 5.80. The Labute approximate surface area is 79.8 Å². The van der Waals surface area contributed by atoms with Gasteiger partial charge in [-0.15, -0.1) is 0 Å². The molecule has 0 aliphatic carbocycles. The van der Waals surface area contributed by atoms with Crippen LogP contribution in [-0.2, 0) is 4.79 Å². The number of carbonyl (C=O) groups is 1. The van der Waals surface area contributed by atoms with E-state index in [-0.39, 0.29) is 11.8 Å². The highest BCUT2D eigenvalue weighted by Gasteiger charge is 2.09. The van der Waals surface area contributed by atoms with Crippen LogP contribution in [0.15, 0.2) is 30.3 Å². The van der Waals surface area contributed by atoms with Gasteiger partial charge in [0.15, 0.2) is 0 Å². The third kappa shape index (κ3) is 3.74. The minimum atomic E-state index is -0.281. The van der Waals surface area contributed by atoms with Crippen LogP contribution in [0.3, 0.4) is 0 Å². The minimum absolute atomic E-state index is 0.184. The van der Waals surface area contributed by atoms with Gasteiger partial charge >= 0.3 is 0 Å². The zero-order valence-corrected chi connectivity index (χ0v) is 8.45. The van der Waals surface area contributed by atoms with Gasteiger partial charge in [0.1, 0.15) is 0 Å². The summed E-state index contributed by atoms with van der Waals surface area (Å²) in [5.74, 6) is -0.465. The Morgan fingerprint density at radius 2 is 1.69 bits per heavy atom. The number of amides is 1. The molecule has 1 aromatic carbocycles. The molecule has 1 aromatic rings. The summed E-state index contributed by atoms with van der Waals surface area (Å²) < 4.78 is 0. The van der Waals surface area contributed by atoms with Crippen LogP contribution in [0.4, 0.5) is 0 Å². The fourth-order valence-electron chi connectivity index (χ4n) is 0.906. The van der Waals surface area contributed by atoms with Crippen molar-refractivity contribution in [2.45, 2.75) is 26.7 Å². The third-order valence-corrected chi connectivity index (χ3v) is 1.73. The number of hydrogen-bond acceptors (Lipinski definition) is 1. The van der Waals surface area contributed by atoms with Crippen molar-refractivity contribution in [1.29, 1.82) is 0 Å². The first-order valence-electron chi connectivity index (χ1n) is 4.56. The Bertz CT molecular complexity index is 244. The van der Waals surface area contributed by atoms with E-state index in [2.05, 4.69) is 0 Å². The molecule has 0 aliphatic heterocycles. The zero-order chi connectivity index (χ0) is 10.3. The van der Waals surface area contributed by atoms with Crippen molar-refractivity contribution in [2.24, 2.45) is 5.73 Å². The number of hydrogen-bond donors (Lipinski definition) is 1. The number of benzene rings is 1. The summed E-state index contributed by atoms with van der Waals surface area (Å²) in [6.07, 6.45) is 0. The monoisotopic (exact) mass is 179 g/mol. The lowest BCUT2D eigenvalue weighted by Gasteiger charge is -2.05. The minimum Gasteiger partial charge on any atom is -0.369 e. The number of rotatable bonds is 2. The first kappa shape index (κ1) is 11.7. The molecule has 0 bridgehead atoms. The lowest BCUT2D eigenvalue weighted by atomic mass is 10.0. The first-order chi connectivity index (χ1) is 6.22. The van der Waals surface area contributed by atoms with E-state index in [0.29, 0.717) is 0 Å². The summed E-state index contributed by atoms with van der Waals surface area (Å²) in [5, 5.41) is 0. The van der Waals surface area contributed by atoms with E-state index >= 15 is 0 Å². The van der Waals surface area contributed by atoms with Crippen LogP contribution in [0.2, 0.25) is 0 Å². The maximum atomic E-state index is 10.7. The third-order valence-electron chi connectivity index (χ3n) is 1.73. The molecule has 0 saturated heterocycles. The number of primary amides is 1. The maximum Gasteiger partial charge on any atom is 0.224 e. The predicted molar refractivity (Wildman–Crippen MR) is 55.4 cm³/mol. The molecule has 0 saturated carbocycles. The van der Waals surface area contributed by atoms with Crippen molar-refractivity contribution in [3.63, 3.8) is 0 Å². The van der Waals surface area contributed by atoms with Crippen LogP contribution in [0.5, 0.6) is 0 Å². The van der Waals surface area contributed by atoms with E-state index in [9.17, 15) is 4.79 Å². The molecule has 0 radical (unpaired) electrons. The van der Waals surface area contributed by atoms with Crippen molar-refractivity contribution < 1.29 is 4.79 Å². The SMILES string of the molecule is CC.CC(C(N)=O)c1ccccc1. The van der Waals surface area contributed by atoms with Gasteiger partial charge in [-0.25, -0.2) is 0 Å². The van der Waals surface area contributed by atoms with Gasteiger partial charge in [0, 0.05) is 0 Å². The average Bonchev–Trinajstić information content (AvgIpc) is 2.21. The Morgan fingerprint density at radius 1 is 1.23 bits per heavy atom. The van der Waals surface area contributed by atoms with E-state index in [4.69, 9.17) is 5.73 Å². The van der Waals surface area contributed by atoms with Crippen molar-refractivity contribution >= 4 is 5.91 Å². The summed E-state index contributed by atoms with van der Waals surface area (Å²) in [6, 6.07) is 9.51. The quantitative estimate of drug-likeness (QED) is 0.743. The lowest BCUT2D eigenvalue weighted by Crippen LogP contribution is -2.18. The molecule has 0 aromatic heterocycles. The van der Waals surface area contributed by atoms with Gasteiger partial charge in [-0.05, 0) is 12.5 Å². The smallest absolute Gasteiger partial charge is 0.224 e. The topological polar surface area (TPSA) is 43.1 Å². The Balaban J connectivity index is 0.000000671. The lowest BCUT2D eigenvalue weighted by molar-refractivity contribution is -0.119. The largest absolute Gasteiger partial charge is 0.369 e. The highest BCUT2D eigenvalue weighted by atomic mass is 16.1. The van der Waals surface area contributed by atoms with Crippen LogP contribution >= 0.6 is 0 Å². The van der Waals surface area contributed by atoms with Crippen molar-refractivity contribution in [2.75, 3.05) is 0 Å². The molecular weight excluding hydrogens is 162 g/mol. The number of carbonyl (C=O) groups excluding carboxylic acids is 1.